The summed E-state index contributed by atoms with van der Waals surface area (Å²) in [6.45, 7) is 6.41. The summed E-state index contributed by atoms with van der Waals surface area (Å²) in [5.41, 5.74) is -3.52. The molecule has 44 heavy (non-hydrogen) atoms. The molecule has 3 atom stereocenters. The van der Waals surface area contributed by atoms with E-state index in [1.807, 2.05) is 0 Å². The molecule has 0 aliphatic carbocycles. The normalized spacial score (nSPS) is 14.4. The van der Waals surface area contributed by atoms with Crippen LogP contribution in [0, 0.1) is 5.82 Å². The lowest BCUT2D eigenvalue weighted by Crippen LogP contribution is -2.58. The van der Waals surface area contributed by atoms with E-state index < -0.39 is 71.8 Å². The number of nitrogens with zero attached hydrogens (tertiary/aromatic N) is 1. The average molecular weight is 653 g/mol. The second kappa shape index (κ2) is 15.2. The minimum atomic E-state index is -5.34. The van der Waals surface area contributed by atoms with Gasteiger partial charge in [-0.1, -0.05) is 72.8 Å². The van der Waals surface area contributed by atoms with Crippen molar-refractivity contribution in [2.75, 3.05) is 13.2 Å². The summed E-state index contributed by atoms with van der Waals surface area (Å²) in [5.74, 6) is -2.91. The first-order valence-corrected chi connectivity index (χ1v) is 16.5. The minimum absolute atomic E-state index is 0.0912. The van der Waals surface area contributed by atoms with Crippen molar-refractivity contribution in [3.8, 4) is 5.75 Å². The number of rotatable bonds is 14. The van der Waals surface area contributed by atoms with E-state index in [9.17, 15) is 18.0 Å². The van der Waals surface area contributed by atoms with Gasteiger partial charge in [-0.25, -0.2) is 18.1 Å². The molecule has 238 valence electrons. The number of para-hydroxylation sites is 1. The molecule has 3 aromatic rings. The average Bonchev–Trinajstić information content (AvgIpc) is 2.98. The Hall–Kier alpha value is -3.15. The maximum atomic E-state index is 16.7. The molecule has 0 aliphatic heterocycles. The number of nitrogens with one attached hydrogen (secondary N) is 1. The summed E-state index contributed by atoms with van der Waals surface area (Å²) in [6.07, 6.45) is 0. The van der Waals surface area contributed by atoms with Gasteiger partial charge in [-0.2, -0.15) is 8.78 Å². The number of hydrogen-bond acceptors (Lipinski definition) is 7. The zero-order chi connectivity index (χ0) is 32.5. The van der Waals surface area contributed by atoms with Gasteiger partial charge in [-0.05, 0) is 46.8 Å². The Balaban J connectivity index is 2.36. The van der Waals surface area contributed by atoms with Crippen molar-refractivity contribution in [3.05, 3.63) is 102 Å². The third-order valence-corrected chi connectivity index (χ3v) is 9.88. The van der Waals surface area contributed by atoms with Crippen LogP contribution in [0.2, 0.25) is 0 Å². The fraction of sp³-hybridized carbons (Fsp3) is 0.355. The van der Waals surface area contributed by atoms with Crippen LogP contribution in [0.15, 0.2) is 89.9 Å². The van der Waals surface area contributed by atoms with Crippen molar-refractivity contribution in [1.82, 2.24) is 4.72 Å². The Morgan fingerprint density at radius 3 is 1.82 bits per heavy atom. The highest BCUT2D eigenvalue weighted by Crippen LogP contribution is 2.64. The van der Waals surface area contributed by atoms with Crippen molar-refractivity contribution >= 4 is 30.3 Å². The van der Waals surface area contributed by atoms with Crippen LogP contribution in [0.5, 0.6) is 5.75 Å². The number of carbonyl (C=O) groups excluding carboxylic acids is 1. The van der Waals surface area contributed by atoms with Gasteiger partial charge in [0.1, 0.15) is 6.04 Å². The smallest absolute Gasteiger partial charge is 0.401 e. The van der Waals surface area contributed by atoms with E-state index in [1.165, 1.54) is 46.8 Å². The van der Waals surface area contributed by atoms with Crippen LogP contribution < -0.4 is 9.46 Å². The van der Waals surface area contributed by atoms with Gasteiger partial charge in [0.2, 0.25) is 0 Å². The first-order chi connectivity index (χ1) is 20.7. The zero-order valence-electron chi connectivity index (χ0n) is 25.0. The Morgan fingerprint density at radius 2 is 1.36 bits per heavy atom. The lowest BCUT2D eigenvalue weighted by molar-refractivity contribution is -0.138. The second-order valence-corrected chi connectivity index (χ2v) is 14.5. The van der Waals surface area contributed by atoms with Gasteiger partial charge in [0.05, 0.1) is 34.7 Å². The lowest BCUT2D eigenvalue weighted by Gasteiger charge is -2.36. The van der Waals surface area contributed by atoms with E-state index in [-0.39, 0.29) is 5.71 Å². The lowest BCUT2D eigenvalue weighted by atomic mass is 10.0. The molecule has 0 aliphatic rings. The van der Waals surface area contributed by atoms with Crippen molar-refractivity contribution in [2.24, 2.45) is 4.99 Å². The molecule has 0 heterocycles. The molecule has 1 unspecified atom stereocenters. The first kappa shape index (κ1) is 35.3. The standard InChI is InChI=1S/C31H36F3N2O6PS/c1-6-40-43(38,41-7-2)31(33,34)28(36-44(39)30(3,4)5)27(29(37)42-25-21-15-14-20-24(25)32)35-26(22-16-10-8-11-17-22)23-18-12-9-13-19-23/h8-21,27-28,36H,6-7H2,1-5H3/t27-,28-,44?/m0/s1. The van der Waals surface area contributed by atoms with E-state index in [1.54, 1.807) is 60.7 Å². The highest BCUT2D eigenvalue weighted by Gasteiger charge is 2.63. The number of halogens is 3. The largest absolute Gasteiger partial charge is 0.422 e. The van der Waals surface area contributed by atoms with E-state index in [0.717, 1.165) is 12.1 Å². The predicted molar refractivity (Wildman–Crippen MR) is 165 cm³/mol. The van der Waals surface area contributed by atoms with Gasteiger partial charge in [-0.3, -0.25) is 9.56 Å². The van der Waals surface area contributed by atoms with Crippen molar-refractivity contribution in [2.45, 2.75) is 57.1 Å². The predicted octanol–water partition coefficient (Wildman–Crippen LogP) is 6.92. The monoisotopic (exact) mass is 652 g/mol. The topological polar surface area (TPSA) is 103 Å². The van der Waals surface area contributed by atoms with Crippen LogP contribution in [0.4, 0.5) is 13.2 Å². The van der Waals surface area contributed by atoms with E-state index in [4.69, 9.17) is 13.8 Å². The highest BCUT2D eigenvalue weighted by molar-refractivity contribution is 7.84. The molecule has 0 saturated carbocycles. The van der Waals surface area contributed by atoms with E-state index in [0.29, 0.717) is 11.1 Å². The third kappa shape index (κ3) is 8.51. The first-order valence-electron chi connectivity index (χ1n) is 13.8. The number of esters is 1. The molecule has 8 nitrogen and oxygen atoms in total. The summed E-state index contributed by atoms with van der Waals surface area (Å²) in [7, 11) is -7.60. The van der Waals surface area contributed by atoms with Crippen molar-refractivity contribution < 1.29 is 40.5 Å². The van der Waals surface area contributed by atoms with Crippen molar-refractivity contribution in [1.29, 1.82) is 0 Å². The highest BCUT2D eigenvalue weighted by atomic mass is 32.2. The quantitative estimate of drug-likeness (QED) is 0.0879. The number of alkyl halides is 2. The Morgan fingerprint density at radius 1 is 0.886 bits per heavy atom. The van der Waals surface area contributed by atoms with Crippen LogP contribution in [0.1, 0.15) is 45.7 Å². The van der Waals surface area contributed by atoms with Crippen LogP contribution in [-0.2, 0) is 29.4 Å². The van der Waals surface area contributed by atoms with Crippen LogP contribution >= 0.6 is 7.60 Å². The number of hydrogen-bond donors (Lipinski definition) is 1. The fourth-order valence-corrected chi connectivity index (χ4v) is 6.54. The summed E-state index contributed by atoms with van der Waals surface area (Å²) >= 11 is 0. The zero-order valence-corrected chi connectivity index (χ0v) is 26.7. The molecule has 1 N–H and O–H groups in total. The molecule has 0 bridgehead atoms. The maximum Gasteiger partial charge on any atom is 0.401 e. The van der Waals surface area contributed by atoms with Gasteiger partial charge in [-0.15, -0.1) is 0 Å². The summed E-state index contributed by atoms with van der Waals surface area (Å²) in [4.78, 5) is 18.4. The molecular formula is C31H36F3N2O6PS. The Kier molecular flexibility index (Phi) is 12.2. The number of aliphatic imine (C=N–C) groups is 1. The van der Waals surface area contributed by atoms with Crippen LogP contribution in [0.3, 0.4) is 0 Å². The summed E-state index contributed by atoms with van der Waals surface area (Å²) in [6, 6.07) is 17.0. The van der Waals surface area contributed by atoms with Crippen LogP contribution in [0.25, 0.3) is 0 Å². The maximum absolute atomic E-state index is 16.7. The van der Waals surface area contributed by atoms with Gasteiger partial charge in [0.15, 0.2) is 17.6 Å². The number of ether oxygens (including phenoxy) is 1. The minimum Gasteiger partial charge on any atom is -0.422 e. The number of benzene rings is 3. The van der Waals surface area contributed by atoms with E-state index >= 15 is 8.78 Å². The molecular weight excluding hydrogens is 616 g/mol. The third-order valence-electron chi connectivity index (χ3n) is 6.09. The van der Waals surface area contributed by atoms with Gasteiger partial charge >= 0.3 is 19.2 Å². The van der Waals surface area contributed by atoms with E-state index in [2.05, 4.69) is 9.71 Å². The fourth-order valence-electron chi connectivity index (χ4n) is 3.94. The molecule has 0 amide bonds. The molecule has 0 spiro atoms. The van der Waals surface area contributed by atoms with Crippen molar-refractivity contribution in [3.63, 3.8) is 0 Å². The molecule has 0 saturated heterocycles. The molecule has 0 aromatic heterocycles. The molecule has 3 aromatic carbocycles. The summed E-state index contributed by atoms with van der Waals surface area (Å²) in [5, 5.41) is 0. The van der Waals surface area contributed by atoms with Gasteiger partial charge in [0, 0.05) is 11.1 Å². The Bertz CT molecular complexity index is 1450. The molecule has 0 fully saturated rings. The number of carbonyl (C=O) groups is 1. The second-order valence-electron chi connectivity index (χ2n) is 10.4. The van der Waals surface area contributed by atoms with Gasteiger partial charge in [0.25, 0.3) is 0 Å². The molecule has 0 radical (unpaired) electrons. The molecule has 13 heteroatoms. The van der Waals surface area contributed by atoms with Crippen LogP contribution in [-0.4, -0.2) is 51.6 Å². The molecule has 3 rings (SSSR count). The SMILES string of the molecule is CCOP(=O)(OCC)C(F)(F)[C@@H](NS(=O)C(C)(C)C)[C@H](N=C(c1ccccc1)c1ccccc1)C(=O)Oc1ccccc1F. The Labute approximate surface area is 258 Å². The van der Waals surface area contributed by atoms with Gasteiger partial charge < -0.3 is 13.8 Å². The summed E-state index contributed by atoms with van der Waals surface area (Å²) < 4.78 is 91.5.